The number of carbonyl (C=O) groups excluding carboxylic acids is 1. The zero-order valence-corrected chi connectivity index (χ0v) is 17.6. The first-order chi connectivity index (χ1) is 15.8. The second kappa shape index (κ2) is 9.58. The van der Waals surface area contributed by atoms with E-state index in [9.17, 15) is 22.4 Å². The molecule has 2 heterocycles. The van der Waals surface area contributed by atoms with Gasteiger partial charge in [0.15, 0.2) is 0 Å². The predicted molar refractivity (Wildman–Crippen MR) is 118 cm³/mol. The molecule has 0 atom stereocenters. The minimum Gasteiger partial charge on any atom is -0.354 e. The second-order valence-corrected chi connectivity index (χ2v) is 7.82. The van der Waals surface area contributed by atoms with Gasteiger partial charge >= 0.3 is 6.18 Å². The van der Waals surface area contributed by atoms with Gasteiger partial charge < -0.3 is 10.2 Å². The van der Waals surface area contributed by atoms with Crippen LogP contribution in [0, 0.1) is 5.82 Å². The first kappa shape index (κ1) is 22.7. The number of nitrogens with zero attached hydrogens (tertiary/aromatic N) is 3. The third-order valence-electron chi connectivity index (χ3n) is 5.50. The molecule has 9 heteroatoms. The number of benzene rings is 2. The lowest BCUT2D eigenvalue weighted by Gasteiger charge is -2.35. The summed E-state index contributed by atoms with van der Waals surface area (Å²) in [4.78, 5) is 21.2. The normalized spacial score (nSPS) is 14.8. The average Bonchev–Trinajstić information content (AvgIpc) is 2.81. The van der Waals surface area contributed by atoms with Crippen molar-refractivity contribution in [2.75, 3.05) is 36.4 Å². The highest BCUT2D eigenvalue weighted by atomic mass is 19.4. The lowest BCUT2D eigenvalue weighted by Crippen LogP contribution is -2.46. The number of hydrogen-bond acceptors (Lipinski definition) is 4. The standard InChI is InChI=1S/C24H22F4N4O/c25-20-7-1-17(2-8-20)16-31-11-13-32(14-12-31)22-10-9-21(15-29-22)30-23(33)18-3-5-19(6-4-18)24(26,27)28/h1-10,15H,11-14,16H2,(H,30,33). The van der Waals surface area contributed by atoms with Gasteiger partial charge in [-0.05, 0) is 54.1 Å². The molecular formula is C24H22F4N4O. The van der Waals surface area contributed by atoms with Crippen LogP contribution in [0.1, 0.15) is 21.5 Å². The molecular weight excluding hydrogens is 436 g/mol. The van der Waals surface area contributed by atoms with Gasteiger partial charge in [0.1, 0.15) is 11.6 Å². The number of anilines is 2. The summed E-state index contributed by atoms with van der Waals surface area (Å²) in [6.45, 7) is 4.00. The SMILES string of the molecule is O=C(Nc1ccc(N2CCN(Cc3ccc(F)cc3)CC2)nc1)c1ccc(C(F)(F)F)cc1. The summed E-state index contributed by atoms with van der Waals surface area (Å²) in [6.07, 6.45) is -2.91. The lowest BCUT2D eigenvalue weighted by molar-refractivity contribution is -0.137. The van der Waals surface area contributed by atoms with Gasteiger partial charge in [-0.2, -0.15) is 13.2 Å². The topological polar surface area (TPSA) is 48.5 Å². The first-order valence-corrected chi connectivity index (χ1v) is 10.4. The molecule has 1 saturated heterocycles. The maximum absolute atomic E-state index is 13.1. The molecule has 5 nitrogen and oxygen atoms in total. The van der Waals surface area contributed by atoms with E-state index >= 15 is 0 Å². The van der Waals surface area contributed by atoms with E-state index in [1.807, 2.05) is 0 Å². The van der Waals surface area contributed by atoms with Gasteiger partial charge in [0.05, 0.1) is 17.4 Å². The van der Waals surface area contributed by atoms with E-state index in [1.165, 1.54) is 18.3 Å². The number of carbonyl (C=O) groups is 1. The smallest absolute Gasteiger partial charge is 0.354 e. The number of amides is 1. The van der Waals surface area contributed by atoms with Gasteiger partial charge in [-0.25, -0.2) is 9.37 Å². The summed E-state index contributed by atoms with van der Waals surface area (Å²) < 4.78 is 51.0. The number of alkyl halides is 3. The molecule has 1 N–H and O–H groups in total. The van der Waals surface area contributed by atoms with Crippen LogP contribution in [0.25, 0.3) is 0 Å². The lowest BCUT2D eigenvalue weighted by atomic mass is 10.1. The zero-order valence-electron chi connectivity index (χ0n) is 17.6. The molecule has 0 unspecified atom stereocenters. The summed E-state index contributed by atoms with van der Waals surface area (Å²) >= 11 is 0. The summed E-state index contributed by atoms with van der Waals surface area (Å²) in [5, 5.41) is 2.65. The Hall–Kier alpha value is -3.46. The van der Waals surface area contributed by atoms with Crippen LogP contribution >= 0.6 is 0 Å². The molecule has 1 aliphatic heterocycles. The van der Waals surface area contributed by atoms with Crippen molar-refractivity contribution in [3.63, 3.8) is 0 Å². The Kier molecular flexibility index (Phi) is 6.60. The molecule has 4 rings (SSSR count). The van der Waals surface area contributed by atoms with E-state index in [1.54, 1.807) is 24.3 Å². The first-order valence-electron chi connectivity index (χ1n) is 10.4. The van der Waals surface area contributed by atoms with Gasteiger partial charge in [-0.1, -0.05) is 12.1 Å². The summed E-state index contributed by atoms with van der Waals surface area (Å²) in [5.74, 6) is 0.0327. The minimum absolute atomic E-state index is 0.129. The van der Waals surface area contributed by atoms with E-state index in [-0.39, 0.29) is 11.4 Å². The highest BCUT2D eigenvalue weighted by molar-refractivity contribution is 6.04. The Morgan fingerprint density at radius 3 is 2.15 bits per heavy atom. The average molecular weight is 458 g/mol. The molecule has 1 aromatic heterocycles. The summed E-state index contributed by atoms with van der Waals surface area (Å²) in [7, 11) is 0. The highest BCUT2D eigenvalue weighted by Crippen LogP contribution is 2.29. The van der Waals surface area contributed by atoms with Gasteiger partial charge in [0.25, 0.3) is 5.91 Å². The molecule has 0 spiro atoms. The molecule has 33 heavy (non-hydrogen) atoms. The summed E-state index contributed by atoms with van der Waals surface area (Å²) in [5.41, 5.74) is 0.849. The van der Waals surface area contributed by atoms with Crippen LogP contribution in [0.2, 0.25) is 0 Å². The fraction of sp³-hybridized carbons (Fsp3) is 0.250. The van der Waals surface area contributed by atoms with Crippen LogP contribution in [-0.2, 0) is 12.7 Å². The number of nitrogens with one attached hydrogen (secondary N) is 1. The number of piperazine rings is 1. The van der Waals surface area contributed by atoms with E-state index in [0.717, 1.165) is 68.4 Å². The Bertz CT molecular complexity index is 1080. The largest absolute Gasteiger partial charge is 0.416 e. The zero-order chi connectivity index (χ0) is 23.4. The second-order valence-electron chi connectivity index (χ2n) is 7.82. The fourth-order valence-corrected chi connectivity index (χ4v) is 3.64. The van der Waals surface area contributed by atoms with Crippen molar-refractivity contribution in [3.05, 3.63) is 89.4 Å². The van der Waals surface area contributed by atoms with Gasteiger partial charge in [0.2, 0.25) is 0 Å². The Balaban J connectivity index is 1.29. The van der Waals surface area contributed by atoms with Gasteiger partial charge in [-0.15, -0.1) is 0 Å². The van der Waals surface area contributed by atoms with Crippen LogP contribution in [0.4, 0.5) is 29.1 Å². The van der Waals surface area contributed by atoms with Crippen LogP contribution < -0.4 is 10.2 Å². The fourth-order valence-electron chi connectivity index (χ4n) is 3.64. The molecule has 1 amide bonds. The molecule has 2 aromatic carbocycles. The molecule has 0 radical (unpaired) electrons. The number of aromatic nitrogens is 1. The third-order valence-corrected chi connectivity index (χ3v) is 5.50. The van der Waals surface area contributed by atoms with E-state index in [0.29, 0.717) is 5.69 Å². The van der Waals surface area contributed by atoms with Crippen molar-refractivity contribution in [1.82, 2.24) is 9.88 Å². The maximum atomic E-state index is 13.1. The summed E-state index contributed by atoms with van der Waals surface area (Å²) in [6, 6.07) is 14.1. The minimum atomic E-state index is -4.44. The van der Waals surface area contributed by atoms with Crippen molar-refractivity contribution >= 4 is 17.4 Å². The van der Waals surface area contributed by atoms with Gasteiger partial charge in [-0.3, -0.25) is 9.69 Å². The van der Waals surface area contributed by atoms with Gasteiger partial charge in [0, 0.05) is 38.3 Å². The number of pyridine rings is 1. The van der Waals surface area contributed by atoms with E-state index < -0.39 is 17.6 Å². The highest BCUT2D eigenvalue weighted by Gasteiger charge is 2.30. The number of hydrogen-bond donors (Lipinski definition) is 1. The molecule has 0 aliphatic carbocycles. The van der Waals surface area contributed by atoms with Crippen molar-refractivity contribution in [2.24, 2.45) is 0 Å². The number of halogens is 4. The molecule has 3 aromatic rings. The number of rotatable bonds is 5. The third kappa shape index (κ3) is 5.87. The van der Waals surface area contributed by atoms with Crippen LogP contribution in [0.3, 0.4) is 0 Å². The van der Waals surface area contributed by atoms with Crippen molar-refractivity contribution in [1.29, 1.82) is 0 Å². The van der Waals surface area contributed by atoms with Crippen molar-refractivity contribution in [2.45, 2.75) is 12.7 Å². The molecule has 1 fully saturated rings. The Labute approximate surface area is 188 Å². The molecule has 1 aliphatic rings. The monoisotopic (exact) mass is 458 g/mol. The van der Waals surface area contributed by atoms with Crippen molar-refractivity contribution in [3.8, 4) is 0 Å². The van der Waals surface area contributed by atoms with Crippen LogP contribution in [0.15, 0.2) is 66.9 Å². The van der Waals surface area contributed by atoms with E-state index in [4.69, 9.17) is 0 Å². The van der Waals surface area contributed by atoms with Crippen LogP contribution in [-0.4, -0.2) is 42.0 Å². The molecule has 0 saturated carbocycles. The van der Waals surface area contributed by atoms with Crippen molar-refractivity contribution < 1.29 is 22.4 Å². The van der Waals surface area contributed by atoms with E-state index in [2.05, 4.69) is 20.1 Å². The molecule has 172 valence electrons. The Morgan fingerprint density at radius 2 is 1.58 bits per heavy atom. The maximum Gasteiger partial charge on any atom is 0.416 e. The van der Waals surface area contributed by atoms with Crippen LogP contribution in [0.5, 0.6) is 0 Å². The Morgan fingerprint density at radius 1 is 0.909 bits per heavy atom. The molecule has 0 bridgehead atoms. The predicted octanol–water partition coefficient (Wildman–Crippen LogP) is 4.81. The quantitative estimate of drug-likeness (QED) is 0.558.